The normalized spacial score (nSPS) is 17.5. The van der Waals surface area contributed by atoms with Crippen LogP contribution >= 0.6 is 0 Å². The van der Waals surface area contributed by atoms with Crippen LogP contribution in [-0.2, 0) is 12.8 Å². The maximum atomic E-state index is 9.60. The second-order valence-electron chi connectivity index (χ2n) is 6.02. The molecule has 3 rings (SSSR count). The molecule has 1 aliphatic rings. The molecule has 0 fully saturated rings. The molecule has 2 aromatic rings. The molecular formula is C19H23NO. The van der Waals surface area contributed by atoms with Crippen LogP contribution < -0.4 is 5.32 Å². The maximum Gasteiger partial charge on any atom is 0.115 e. The second kappa shape index (κ2) is 6.31. The molecule has 0 amide bonds. The largest absolute Gasteiger partial charge is 0.508 e. The molecule has 0 aromatic heterocycles. The van der Waals surface area contributed by atoms with Gasteiger partial charge in [-0.15, -0.1) is 0 Å². The van der Waals surface area contributed by atoms with Gasteiger partial charge >= 0.3 is 0 Å². The Morgan fingerprint density at radius 1 is 1.19 bits per heavy atom. The monoisotopic (exact) mass is 281 g/mol. The van der Waals surface area contributed by atoms with Crippen LogP contribution in [-0.4, -0.2) is 11.7 Å². The van der Waals surface area contributed by atoms with Crippen molar-refractivity contribution < 1.29 is 5.11 Å². The van der Waals surface area contributed by atoms with Crippen molar-refractivity contribution in [1.29, 1.82) is 0 Å². The summed E-state index contributed by atoms with van der Waals surface area (Å²) in [6, 6.07) is 15.0. The highest BCUT2D eigenvalue weighted by Crippen LogP contribution is 2.31. The first-order valence-electron chi connectivity index (χ1n) is 7.83. The Morgan fingerprint density at radius 2 is 2.10 bits per heavy atom. The maximum absolute atomic E-state index is 9.60. The lowest BCUT2D eigenvalue weighted by Crippen LogP contribution is -2.27. The Labute approximate surface area is 126 Å². The SMILES string of the molecule is Cc1cccc(CCNC2CCCc3cc(O)ccc32)c1. The van der Waals surface area contributed by atoms with Crippen LogP contribution in [0.3, 0.4) is 0 Å². The number of aryl methyl sites for hydroxylation is 2. The number of rotatable bonds is 4. The summed E-state index contributed by atoms with van der Waals surface area (Å²) in [6.07, 6.45) is 4.52. The van der Waals surface area contributed by atoms with E-state index < -0.39 is 0 Å². The third-order valence-electron chi connectivity index (χ3n) is 4.33. The standard InChI is InChI=1S/C19H23NO/c1-14-4-2-5-15(12-14)10-11-20-19-7-3-6-16-13-17(21)8-9-18(16)19/h2,4-5,8-9,12-13,19-21H,3,6-7,10-11H2,1H3. The Kier molecular flexibility index (Phi) is 4.26. The summed E-state index contributed by atoms with van der Waals surface area (Å²) < 4.78 is 0. The van der Waals surface area contributed by atoms with Crippen LogP contribution in [0, 0.1) is 6.92 Å². The number of phenolic OH excluding ortho intramolecular Hbond substituents is 1. The van der Waals surface area contributed by atoms with Gasteiger partial charge in [-0.05, 0) is 68.0 Å². The summed E-state index contributed by atoms with van der Waals surface area (Å²) in [4.78, 5) is 0. The van der Waals surface area contributed by atoms with Gasteiger partial charge in [0.2, 0.25) is 0 Å². The molecule has 1 unspecified atom stereocenters. The third kappa shape index (κ3) is 3.45. The van der Waals surface area contributed by atoms with Crippen molar-refractivity contribution in [3.63, 3.8) is 0 Å². The lowest BCUT2D eigenvalue weighted by atomic mass is 9.87. The van der Waals surface area contributed by atoms with Crippen molar-refractivity contribution in [2.45, 2.75) is 38.6 Å². The van der Waals surface area contributed by atoms with Gasteiger partial charge in [-0.3, -0.25) is 0 Å². The van der Waals surface area contributed by atoms with Crippen LogP contribution in [0.5, 0.6) is 5.75 Å². The Morgan fingerprint density at radius 3 is 2.95 bits per heavy atom. The number of nitrogens with one attached hydrogen (secondary N) is 1. The summed E-state index contributed by atoms with van der Waals surface area (Å²) in [5, 5.41) is 13.3. The molecule has 0 radical (unpaired) electrons. The molecule has 0 bridgehead atoms. The molecule has 0 aliphatic heterocycles. The van der Waals surface area contributed by atoms with Crippen molar-refractivity contribution in [2.24, 2.45) is 0 Å². The molecule has 1 atom stereocenters. The zero-order valence-electron chi connectivity index (χ0n) is 12.6. The Balaban J connectivity index is 1.62. The molecule has 2 aromatic carbocycles. The highest BCUT2D eigenvalue weighted by atomic mass is 16.3. The van der Waals surface area contributed by atoms with Gasteiger partial charge in [0.05, 0.1) is 0 Å². The van der Waals surface area contributed by atoms with Gasteiger partial charge in [0.1, 0.15) is 5.75 Å². The van der Waals surface area contributed by atoms with Gasteiger partial charge in [-0.2, -0.15) is 0 Å². The lowest BCUT2D eigenvalue weighted by molar-refractivity contribution is 0.452. The van der Waals surface area contributed by atoms with E-state index in [1.165, 1.54) is 35.1 Å². The zero-order chi connectivity index (χ0) is 14.7. The highest BCUT2D eigenvalue weighted by Gasteiger charge is 2.19. The van der Waals surface area contributed by atoms with E-state index in [2.05, 4.69) is 42.6 Å². The van der Waals surface area contributed by atoms with Gasteiger partial charge in [0.15, 0.2) is 0 Å². The van der Waals surface area contributed by atoms with Crippen molar-refractivity contribution in [3.05, 3.63) is 64.7 Å². The first kappa shape index (κ1) is 14.2. The number of hydrogen-bond donors (Lipinski definition) is 2. The van der Waals surface area contributed by atoms with Crippen LogP contribution in [0.2, 0.25) is 0 Å². The molecule has 0 heterocycles. The molecule has 2 heteroatoms. The minimum atomic E-state index is 0.383. The highest BCUT2D eigenvalue weighted by molar-refractivity contribution is 5.38. The van der Waals surface area contributed by atoms with Crippen molar-refractivity contribution >= 4 is 0 Å². The van der Waals surface area contributed by atoms with Gasteiger partial charge in [-0.25, -0.2) is 0 Å². The summed E-state index contributed by atoms with van der Waals surface area (Å²) in [5.41, 5.74) is 5.38. The predicted molar refractivity (Wildman–Crippen MR) is 86.7 cm³/mol. The first-order valence-corrected chi connectivity index (χ1v) is 7.83. The predicted octanol–water partition coefficient (Wildman–Crippen LogP) is 3.91. The summed E-state index contributed by atoms with van der Waals surface area (Å²) >= 11 is 0. The van der Waals surface area contributed by atoms with E-state index in [1.54, 1.807) is 6.07 Å². The fraction of sp³-hybridized carbons (Fsp3) is 0.368. The van der Waals surface area contributed by atoms with E-state index in [-0.39, 0.29) is 0 Å². The minimum absolute atomic E-state index is 0.383. The molecule has 0 spiro atoms. The number of phenols is 1. The molecule has 2 nitrogen and oxygen atoms in total. The third-order valence-corrected chi connectivity index (χ3v) is 4.33. The molecule has 0 saturated heterocycles. The number of aromatic hydroxyl groups is 1. The molecule has 2 N–H and O–H groups in total. The minimum Gasteiger partial charge on any atom is -0.508 e. The van der Waals surface area contributed by atoms with Crippen LogP contribution in [0.1, 0.15) is 41.1 Å². The second-order valence-corrected chi connectivity index (χ2v) is 6.02. The van der Waals surface area contributed by atoms with E-state index in [0.717, 1.165) is 19.4 Å². The summed E-state index contributed by atoms with van der Waals surface area (Å²) in [6.45, 7) is 3.13. The van der Waals surface area contributed by atoms with Gasteiger partial charge in [0, 0.05) is 6.04 Å². The topological polar surface area (TPSA) is 32.3 Å². The Hall–Kier alpha value is -1.80. The molecule has 0 saturated carbocycles. The van der Waals surface area contributed by atoms with Crippen molar-refractivity contribution in [3.8, 4) is 5.75 Å². The molecule has 110 valence electrons. The van der Waals surface area contributed by atoms with Crippen molar-refractivity contribution in [1.82, 2.24) is 5.32 Å². The number of hydrogen-bond acceptors (Lipinski definition) is 2. The Bertz CT molecular complexity index is 621. The van der Waals surface area contributed by atoms with E-state index in [9.17, 15) is 5.11 Å². The fourth-order valence-electron chi connectivity index (χ4n) is 3.27. The van der Waals surface area contributed by atoms with E-state index in [0.29, 0.717) is 11.8 Å². The van der Waals surface area contributed by atoms with Crippen LogP contribution in [0.15, 0.2) is 42.5 Å². The lowest BCUT2D eigenvalue weighted by Gasteiger charge is -2.26. The van der Waals surface area contributed by atoms with E-state index >= 15 is 0 Å². The van der Waals surface area contributed by atoms with Gasteiger partial charge in [0.25, 0.3) is 0 Å². The smallest absolute Gasteiger partial charge is 0.115 e. The molecular weight excluding hydrogens is 258 g/mol. The van der Waals surface area contributed by atoms with Crippen LogP contribution in [0.25, 0.3) is 0 Å². The van der Waals surface area contributed by atoms with Crippen LogP contribution in [0.4, 0.5) is 0 Å². The fourth-order valence-corrected chi connectivity index (χ4v) is 3.27. The molecule has 21 heavy (non-hydrogen) atoms. The zero-order valence-corrected chi connectivity index (χ0v) is 12.6. The quantitative estimate of drug-likeness (QED) is 0.890. The average Bonchev–Trinajstić information content (AvgIpc) is 2.47. The summed E-state index contributed by atoms with van der Waals surface area (Å²) in [7, 11) is 0. The molecule has 1 aliphatic carbocycles. The average molecular weight is 281 g/mol. The summed E-state index contributed by atoms with van der Waals surface area (Å²) in [5.74, 6) is 0.383. The number of fused-ring (bicyclic) bond motifs is 1. The van der Waals surface area contributed by atoms with Gasteiger partial charge in [-0.1, -0.05) is 35.9 Å². The first-order chi connectivity index (χ1) is 10.2. The van der Waals surface area contributed by atoms with Gasteiger partial charge < -0.3 is 10.4 Å². The van der Waals surface area contributed by atoms with E-state index in [1.807, 2.05) is 6.07 Å². The van der Waals surface area contributed by atoms with Crippen molar-refractivity contribution in [2.75, 3.05) is 6.54 Å². The number of benzene rings is 2. The van der Waals surface area contributed by atoms with E-state index in [4.69, 9.17) is 0 Å².